The van der Waals surface area contributed by atoms with Crippen LogP contribution in [0.5, 0.6) is 0 Å². The Morgan fingerprint density at radius 2 is 1.96 bits per heavy atom. The number of nitrogens with zero attached hydrogens (tertiary/aromatic N) is 3. The Bertz CT molecular complexity index is 713. The maximum atomic E-state index is 12.3. The second-order valence-corrected chi connectivity index (χ2v) is 8.08. The van der Waals surface area contributed by atoms with E-state index in [1.807, 2.05) is 11.0 Å². The number of carbonyl (C=O) groups excluding carboxylic acids is 2. The van der Waals surface area contributed by atoms with Crippen molar-refractivity contribution in [2.75, 3.05) is 37.6 Å². The topological polar surface area (TPSA) is 65.5 Å². The van der Waals surface area contributed by atoms with Crippen molar-refractivity contribution in [3.63, 3.8) is 0 Å². The molecular formula is C17H24N4O2S2. The van der Waals surface area contributed by atoms with Gasteiger partial charge in [0, 0.05) is 39.1 Å². The summed E-state index contributed by atoms with van der Waals surface area (Å²) >= 11 is 3.04. The minimum Gasteiger partial charge on any atom is -0.351 e. The molecule has 0 bridgehead atoms. The molecule has 1 fully saturated rings. The number of hydrogen-bond donors (Lipinski definition) is 1. The minimum absolute atomic E-state index is 0.117. The quantitative estimate of drug-likeness (QED) is 0.802. The van der Waals surface area contributed by atoms with Crippen LogP contribution in [0.15, 0.2) is 6.07 Å². The summed E-state index contributed by atoms with van der Waals surface area (Å²) in [5.74, 6) is 0.0179. The maximum Gasteiger partial charge on any atom is 0.261 e. The van der Waals surface area contributed by atoms with Crippen molar-refractivity contribution in [3.8, 4) is 0 Å². The summed E-state index contributed by atoms with van der Waals surface area (Å²) in [7, 11) is 0. The van der Waals surface area contributed by atoms with Crippen molar-refractivity contribution in [1.29, 1.82) is 0 Å². The van der Waals surface area contributed by atoms with Crippen molar-refractivity contribution in [1.82, 2.24) is 15.2 Å². The van der Waals surface area contributed by atoms with E-state index in [1.165, 1.54) is 11.3 Å². The Kier molecular flexibility index (Phi) is 5.90. The van der Waals surface area contributed by atoms with Gasteiger partial charge in [0.05, 0.1) is 9.58 Å². The van der Waals surface area contributed by atoms with E-state index in [0.29, 0.717) is 17.8 Å². The van der Waals surface area contributed by atoms with Gasteiger partial charge in [-0.2, -0.15) is 0 Å². The SMILES string of the molecule is CCN(CC)c1nc2sc(C(=O)NCCC(=O)N3CCCC3)cc2s1. The summed E-state index contributed by atoms with van der Waals surface area (Å²) in [5, 5.41) is 3.86. The highest BCUT2D eigenvalue weighted by molar-refractivity contribution is 7.29. The number of rotatable bonds is 7. The van der Waals surface area contributed by atoms with Crippen LogP contribution >= 0.6 is 22.7 Å². The Morgan fingerprint density at radius 1 is 1.24 bits per heavy atom. The number of likely N-dealkylation sites (tertiary alicyclic amines) is 1. The Morgan fingerprint density at radius 3 is 2.60 bits per heavy atom. The third-order valence-corrected chi connectivity index (χ3v) is 6.64. The molecule has 1 aliphatic heterocycles. The van der Waals surface area contributed by atoms with Crippen molar-refractivity contribution in [3.05, 3.63) is 10.9 Å². The minimum atomic E-state index is -0.117. The number of fused-ring (bicyclic) bond motifs is 1. The lowest BCUT2D eigenvalue weighted by Gasteiger charge is -2.16. The zero-order valence-electron chi connectivity index (χ0n) is 14.7. The first-order valence-electron chi connectivity index (χ1n) is 8.83. The first kappa shape index (κ1) is 18.1. The summed E-state index contributed by atoms with van der Waals surface area (Å²) in [4.78, 5) is 34.6. The molecular weight excluding hydrogens is 356 g/mol. The van der Waals surface area contributed by atoms with Crippen LogP contribution in [0.1, 0.15) is 42.8 Å². The van der Waals surface area contributed by atoms with Gasteiger partial charge in [0.1, 0.15) is 4.83 Å². The second kappa shape index (κ2) is 8.14. The number of aromatic nitrogens is 1. The smallest absolute Gasteiger partial charge is 0.261 e. The highest BCUT2D eigenvalue weighted by atomic mass is 32.1. The van der Waals surface area contributed by atoms with E-state index < -0.39 is 0 Å². The Labute approximate surface area is 155 Å². The molecule has 1 N–H and O–H groups in total. The predicted octanol–water partition coefficient (Wildman–Crippen LogP) is 2.95. The molecule has 136 valence electrons. The van der Waals surface area contributed by atoms with E-state index in [9.17, 15) is 9.59 Å². The van der Waals surface area contributed by atoms with E-state index in [2.05, 4.69) is 29.0 Å². The van der Waals surface area contributed by atoms with Crippen molar-refractivity contribution >= 4 is 49.1 Å². The van der Waals surface area contributed by atoms with Crippen LogP contribution in [0.3, 0.4) is 0 Å². The summed E-state index contributed by atoms with van der Waals surface area (Å²) in [6, 6.07) is 1.91. The molecule has 0 aliphatic carbocycles. The van der Waals surface area contributed by atoms with Crippen LogP contribution in [-0.2, 0) is 4.79 Å². The first-order valence-corrected chi connectivity index (χ1v) is 10.5. The van der Waals surface area contributed by atoms with Gasteiger partial charge in [-0.05, 0) is 32.8 Å². The van der Waals surface area contributed by atoms with Crippen LogP contribution in [0.25, 0.3) is 9.53 Å². The summed E-state index contributed by atoms with van der Waals surface area (Å²) in [6.45, 7) is 8.18. The Balaban J connectivity index is 1.55. The molecule has 2 amide bonds. The van der Waals surface area contributed by atoms with Gasteiger partial charge in [-0.1, -0.05) is 11.3 Å². The average Bonchev–Trinajstić information content (AvgIpc) is 3.31. The third-order valence-electron chi connectivity index (χ3n) is 4.42. The molecule has 1 saturated heterocycles. The fourth-order valence-corrected chi connectivity index (χ4v) is 5.21. The van der Waals surface area contributed by atoms with Gasteiger partial charge in [0.15, 0.2) is 5.13 Å². The molecule has 6 nitrogen and oxygen atoms in total. The summed E-state index contributed by atoms with van der Waals surface area (Å²) in [5.41, 5.74) is 0. The molecule has 8 heteroatoms. The first-order chi connectivity index (χ1) is 12.1. The summed E-state index contributed by atoms with van der Waals surface area (Å²) < 4.78 is 1.05. The average molecular weight is 381 g/mol. The maximum absolute atomic E-state index is 12.3. The second-order valence-electron chi connectivity index (χ2n) is 6.04. The van der Waals surface area contributed by atoms with Gasteiger partial charge in [-0.15, -0.1) is 11.3 Å². The molecule has 2 aromatic rings. The molecule has 2 aromatic heterocycles. The largest absolute Gasteiger partial charge is 0.351 e. The van der Waals surface area contributed by atoms with Gasteiger partial charge >= 0.3 is 0 Å². The number of hydrogen-bond acceptors (Lipinski definition) is 6. The number of nitrogens with one attached hydrogen (secondary N) is 1. The molecule has 0 atom stereocenters. The van der Waals surface area contributed by atoms with Crippen LogP contribution in [0.2, 0.25) is 0 Å². The molecule has 0 spiro atoms. The highest BCUT2D eigenvalue weighted by Crippen LogP contribution is 2.34. The number of carbonyl (C=O) groups is 2. The molecule has 0 radical (unpaired) electrons. The van der Waals surface area contributed by atoms with Crippen LogP contribution in [-0.4, -0.2) is 54.4 Å². The lowest BCUT2D eigenvalue weighted by Crippen LogP contribution is -2.32. The molecule has 0 unspecified atom stereocenters. The molecule has 0 saturated carbocycles. The van der Waals surface area contributed by atoms with E-state index in [-0.39, 0.29) is 11.8 Å². The molecule has 25 heavy (non-hydrogen) atoms. The molecule has 1 aliphatic rings. The van der Waals surface area contributed by atoms with Gasteiger partial charge in [-0.3, -0.25) is 9.59 Å². The Hall–Kier alpha value is -1.67. The third kappa shape index (κ3) is 4.12. The van der Waals surface area contributed by atoms with Gasteiger partial charge < -0.3 is 15.1 Å². The number of anilines is 1. The fraction of sp³-hybridized carbons (Fsp3) is 0.588. The van der Waals surface area contributed by atoms with Crippen molar-refractivity contribution in [2.45, 2.75) is 33.1 Å². The van der Waals surface area contributed by atoms with Crippen LogP contribution < -0.4 is 10.2 Å². The molecule has 0 aromatic carbocycles. The normalized spacial score (nSPS) is 14.2. The number of thiazole rings is 1. The van der Waals surface area contributed by atoms with Gasteiger partial charge in [0.2, 0.25) is 5.91 Å². The van der Waals surface area contributed by atoms with E-state index >= 15 is 0 Å². The zero-order valence-corrected chi connectivity index (χ0v) is 16.3. The van der Waals surface area contributed by atoms with Gasteiger partial charge in [0.25, 0.3) is 5.91 Å². The van der Waals surface area contributed by atoms with E-state index in [4.69, 9.17) is 0 Å². The number of amides is 2. The van der Waals surface area contributed by atoms with Crippen LogP contribution in [0, 0.1) is 0 Å². The van der Waals surface area contributed by atoms with Gasteiger partial charge in [-0.25, -0.2) is 4.98 Å². The van der Waals surface area contributed by atoms with Crippen molar-refractivity contribution in [2.24, 2.45) is 0 Å². The fourth-order valence-electron chi connectivity index (χ4n) is 2.96. The monoisotopic (exact) mass is 380 g/mol. The number of thiophene rings is 1. The molecule has 3 heterocycles. The lowest BCUT2D eigenvalue weighted by atomic mass is 10.3. The standard InChI is InChI=1S/C17H24N4O2S2/c1-3-20(4-2)17-19-16-13(25-17)11-12(24-16)15(23)18-8-7-14(22)21-9-5-6-10-21/h11H,3-10H2,1-2H3,(H,18,23). The van der Waals surface area contributed by atoms with Crippen LogP contribution in [0.4, 0.5) is 5.13 Å². The predicted molar refractivity (Wildman–Crippen MR) is 104 cm³/mol. The molecule has 3 rings (SSSR count). The van der Waals surface area contributed by atoms with E-state index in [0.717, 1.165) is 53.7 Å². The lowest BCUT2D eigenvalue weighted by molar-refractivity contribution is -0.129. The summed E-state index contributed by atoms with van der Waals surface area (Å²) in [6.07, 6.45) is 2.55. The van der Waals surface area contributed by atoms with Crippen molar-refractivity contribution < 1.29 is 9.59 Å². The highest BCUT2D eigenvalue weighted by Gasteiger charge is 2.19. The zero-order chi connectivity index (χ0) is 17.8. The van der Waals surface area contributed by atoms with E-state index in [1.54, 1.807) is 11.3 Å².